The van der Waals surface area contributed by atoms with Crippen molar-refractivity contribution in [3.8, 4) is 0 Å². The smallest absolute Gasteiger partial charge is 0.0434 e. The Labute approximate surface area is 124 Å². The Bertz CT molecular complexity index is 365. The average Bonchev–Trinajstić information content (AvgIpc) is 2.49. The van der Waals surface area contributed by atoms with Crippen molar-refractivity contribution < 1.29 is 0 Å². The van der Waals surface area contributed by atoms with E-state index in [9.17, 15) is 0 Å². The fourth-order valence-corrected chi connectivity index (χ4v) is 4.05. The summed E-state index contributed by atoms with van der Waals surface area (Å²) in [5.74, 6) is 3.36. The molecule has 20 heavy (non-hydrogen) atoms. The second-order valence-electron chi connectivity index (χ2n) is 7.43. The Morgan fingerprint density at radius 1 is 0.750 bits per heavy atom. The van der Waals surface area contributed by atoms with Gasteiger partial charge in [-0.2, -0.15) is 0 Å². The largest absolute Gasteiger partial charge is 0.261 e. The van der Waals surface area contributed by atoms with Crippen LogP contribution in [0.1, 0.15) is 88.3 Å². The van der Waals surface area contributed by atoms with Gasteiger partial charge in [0.15, 0.2) is 0 Å². The van der Waals surface area contributed by atoms with E-state index in [-0.39, 0.29) is 0 Å². The van der Waals surface area contributed by atoms with Crippen molar-refractivity contribution in [2.75, 3.05) is 0 Å². The molecule has 2 saturated carbocycles. The molecule has 110 valence electrons. The van der Waals surface area contributed by atoms with Crippen LogP contribution in [0, 0.1) is 11.8 Å². The number of aromatic nitrogens is 1. The molecule has 1 heterocycles. The summed E-state index contributed by atoms with van der Waals surface area (Å²) in [5, 5.41) is 0. The lowest BCUT2D eigenvalue weighted by molar-refractivity contribution is 0.341. The van der Waals surface area contributed by atoms with Crippen LogP contribution in [0.5, 0.6) is 0 Å². The molecule has 1 aromatic heterocycles. The van der Waals surface area contributed by atoms with Gasteiger partial charge in [-0.15, -0.1) is 0 Å². The number of rotatable bonds is 2. The van der Waals surface area contributed by atoms with E-state index < -0.39 is 0 Å². The van der Waals surface area contributed by atoms with E-state index in [1.807, 2.05) is 0 Å². The van der Waals surface area contributed by atoms with Crippen LogP contribution >= 0.6 is 0 Å². The molecule has 0 aliphatic heterocycles. The van der Waals surface area contributed by atoms with Crippen molar-refractivity contribution in [2.45, 2.75) is 77.0 Å². The van der Waals surface area contributed by atoms with E-state index in [1.165, 1.54) is 62.6 Å². The summed E-state index contributed by atoms with van der Waals surface area (Å²) in [7, 11) is 0. The average molecular weight is 271 g/mol. The quantitative estimate of drug-likeness (QED) is 0.675. The molecule has 0 saturated heterocycles. The Balaban J connectivity index is 1.62. The molecule has 0 bridgehead atoms. The minimum atomic E-state index is 0.728. The molecule has 0 radical (unpaired) electrons. The predicted octanol–water partition coefficient (Wildman–Crippen LogP) is 5.67. The second kappa shape index (κ2) is 6.28. The van der Waals surface area contributed by atoms with Crippen molar-refractivity contribution in [1.29, 1.82) is 0 Å². The summed E-state index contributed by atoms with van der Waals surface area (Å²) in [6.45, 7) is 4.78. The van der Waals surface area contributed by atoms with Crippen molar-refractivity contribution in [3.63, 3.8) is 0 Å². The molecule has 2 aliphatic rings. The Hall–Kier alpha value is -0.850. The molecule has 2 aliphatic carbocycles. The van der Waals surface area contributed by atoms with E-state index >= 15 is 0 Å². The van der Waals surface area contributed by atoms with Crippen LogP contribution in [0.25, 0.3) is 0 Å². The minimum absolute atomic E-state index is 0.728. The zero-order valence-corrected chi connectivity index (χ0v) is 13.1. The van der Waals surface area contributed by atoms with Gasteiger partial charge >= 0.3 is 0 Å². The maximum Gasteiger partial charge on any atom is 0.0434 e. The molecule has 1 aromatic rings. The van der Waals surface area contributed by atoms with Gasteiger partial charge in [0.05, 0.1) is 0 Å². The van der Waals surface area contributed by atoms with E-state index in [4.69, 9.17) is 4.98 Å². The maximum absolute atomic E-state index is 4.82. The third-order valence-electron chi connectivity index (χ3n) is 5.73. The lowest BCUT2D eigenvalue weighted by atomic mass is 9.79. The van der Waals surface area contributed by atoms with Crippen molar-refractivity contribution in [3.05, 3.63) is 29.6 Å². The van der Waals surface area contributed by atoms with Gasteiger partial charge in [0, 0.05) is 17.8 Å². The standard InChI is InChI=1S/C19H29N/c1-14-3-7-16(8-4-14)18-11-12-19(20-13-18)17-9-5-15(2)6-10-17/h11-17H,3-10H2,1-2H3. The van der Waals surface area contributed by atoms with Crippen LogP contribution in [0.3, 0.4) is 0 Å². The Morgan fingerprint density at radius 3 is 1.80 bits per heavy atom. The first-order chi connectivity index (χ1) is 9.72. The summed E-state index contributed by atoms with van der Waals surface area (Å²) in [4.78, 5) is 4.82. The second-order valence-corrected chi connectivity index (χ2v) is 7.43. The summed E-state index contributed by atoms with van der Waals surface area (Å²) in [6, 6.07) is 4.70. The molecule has 0 aromatic carbocycles. The highest BCUT2D eigenvalue weighted by molar-refractivity contribution is 5.21. The first-order valence-electron chi connectivity index (χ1n) is 8.68. The molecule has 0 N–H and O–H groups in total. The van der Waals surface area contributed by atoms with E-state index in [0.717, 1.165) is 23.7 Å². The fraction of sp³-hybridized carbons (Fsp3) is 0.737. The molecule has 2 fully saturated rings. The monoisotopic (exact) mass is 271 g/mol. The zero-order chi connectivity index (χ0) is 13.9. The summed E-state index contributed by atoms with van der Waals surface area (Å²) < 4.78 is 0. The van der Waals surface area contributed by atoms with Crippen molar-refractivity contribution in [2.24, 2.45) is 11.8 Å². The van der Waals surface area contributed by atoms with Crippen molar-refractivity contribution in [1.82, 2.24) is 4.98 Å². The molecule has 0 atom stereocenters. The van der Waals surface area contributed by atoms with Gasteiger partial charge in [-0.1, -0.05) is 45.6 Å². The van der Waals surface area contributed by atoms with E-state index in [1.54, 1.807) is 0 Å². The first kappa shape index (κ1) is 14.1. The highest BCUT2D eigenvalue weighted by atomic mass is 14.7. The summed E-state index contributed by atoms with van der Waals surface area (Å²) in [5.41, 5.74) is 2.84. The molecule has 0 amide bonds. The molecule has 0 unspecified atom stereocenters. The summed E-state index contributed by atoms with van der Waals surface area (Å²) in [6.07, 6.45) is 13.2. The van der Waals surface area contributed by atoms with Gasteiger partial charge in [0.2, 0.25) is 0 Å². The predicted molar refractivity (Wildman–Crippen MR) is 85.0 cm³/mol. The van der Waals surface area contributed by atoms with Crippen LogP contribution in [-0.4, -0.2) is 4.98 Å². The Morgan fingerprint density at radius 2 is 1.30 bits per heavy atom. The molecular formula is C19H29N. The molecule has 1 heteroatoms. The first-order valence-corrected chi connectivity index (χ1v) is 8.68. The Kier molecular flexibility index (Phi) is 4.43. The maximum atomic E-state index is 4.82. The zero-order valence-electron chi connectivity index (χ0n) is 13.1. The van der Waals surface area contributed by atoms with Gasteiger partial charge in [-0.05, 0) is 55.1 Å². The topological polar surface area (TPSA) is 12.9 Å². The molecule has 0 spiro atoms. The van der Waals surface area contributed by atoms with Crippen LogP contribution in [-0.2, 0) is 0 Å². The molecule has 1 nitrogen and oxygen atoms in total. The number of hydrogen-bond donors (Lipinski definition) is 0. The number of pyridine rings is 1. The van der Waals surface area contributed by atoms with E-state index in [0.29, 0.717) is 0 Å². The number of hydrogen-bond acceptors (Lipinski definition) is 1. The highest BCUT2D eigenvalue weighted by Crippen LogP contribution is 2.37. The van der Waals surface area contributed by atoms with Gasteiger partial charge in [0.1, 0.15) is 0 Å². The highest BCUT2D eigenvalue weighted by Gasteiger charge is 2.22. The van der Waals surface area contributed by atoms with Gasteiger partial charge in [-0.3, -0.25) is 4.98 Å². The third kappa shape index (κ3) is 3.24. The lowest BCUT2D eigenvalue weighted by Crippen LogP contribution is -2.13. The van der Waals surface area contributed by atoms with Crippen LogP contribution in [0.2, 0.25) is 0 Å². The third-order valence-corrected chi connectivity index (χ3v) is 5.73. The lowest BCUT2D eigenvalue weighted by Gasteiger charge is -2.28. The van der Waals surface area contributed by atoms with Gasteiger partial charge in [0.25, 0.3) is 0 Å². The summed E-state index contributed by atoms with van der Waals surface area (Å²) >= 11 is 0. The fourth-order valence-electron chi connectivity index (χ4n) is 4.05. The van der Waals surface area contributed by atoms with E-state index in [2.05, 4.69) is 32.2 Å². The van der Waals surface area contributed by atoms with Gasteiger partial charge < -0.3 is 0 Å². The van der Waals surface area contributed by atoms with Gasteiger partial charge in [-0.25, -0.2) is 0 Å². The molecule has 3 rings (SSSR count). The van der Waals surface area contributed by atoms with Crippen molar-refractivity contribution >= 4 is 0 Å². The van der Waals surface area contributed by atoms with Crippen LogP contribution in [0.4, 0.5) is 0 Å². The SMILES string of the molecule is CC1CCC(c2ccc(C3CCC(C)CC3)nc2)CC1. The number of nitrogens with zero attached hydrogens (tertiary/aromatic N) is 1. The minimum Gasteiger partial charge on any atom is -0.261 e. The normalized spacial score (nSPS) is 34.9. The molecular weight excluding hydrogens is 242 g/mol. The van der Waals surface area contributed by atoms with Crippen LogP contribution in [0.15, 0.2) is 18.3 Å². The van der Waals surface area contributed by atoms with Crippen LogP contribution < -0.4 is 0 Å².